The molecule has 0 spiro atoms. The summed E-state index contributed by atoms with van der Waals surface area (Å²) in [6.07, 6.45) is 0.342. The second-order valence-corrected chi connectivity index (χ2v) is 6.69. The lowest BCUT2D eigenvalue weighted by atomic mass is 9.90. The molecule has 1 amide bonds. The van der Waals surface area contributed by atoms with Gasteiger partial charge in [0.05, 0.1) is 0 Å². The highest BCUT2D eigenvalue weighted by molar-refractivity contribution is 5.84. The third-order valence-corrected chi connectivity index (χ3v) is 4.81. The molecule has 2 aliphatic heterocycles. The fourth-order valence-corrected chi connectivity index (χ4v) is 3.14. The fraction of sp³-hybridized carbons (Fsp3) is 0.556. The molecule has 0 saturated carbocycles. The zero-order valence-corrected chi connectivity index (χ0v) is 14.3. The van der Waals surface area contributed by atoms with Crippen molar-refractivity contribution in [3.63, 3.8) is 0 Å². The molecule has 1 aromatic rings. The van der Waals surface area contributed by atoms with Gasteiger partial charge in [0.2, 0.25) is 5.91 Å². The van der Waals surface area contributed by atoms with Crippen molar-refractivity contribution in [2.45, 2.75) is 20.3 Å². The number of hydrogen-bond acceptors (Lipinski definition) is 5. The molecule has 130 valence electrons. The smallest absolute Gasteiger partial charge is 0.433 e. The third-order valence-electron chi connectivity index (χ3n) is 4.81. The predicted molar refractivity (Wildman–Crippen MR) is 90.0 cm³/mol. The zero-order chi connectivity index (χ0) is 17.2. The number of anilines is 1. The van der Waals surface area contributed by atoms with Gasteiger partial charge in [-0.2, -0.15) is 0 Å². The predicted octanol–water partition coefficient (Wildman–Crippen LogP) is 2.07. The van der Waals surface area contributed by atoms with E-state index in [1.807, 2.05) is 4.90 Å². The Balaban J connectivity index is 1.58. The number of piperazine rings is 1. The van der Waals surface area contributed by atoms with Gasteiger partial charge in [-0.15, -0.1) is 0 Å². The van der Waals surface area contributed by atoms with E-state index in [4.69, 9.17) is 9.47 Å². The van der Waals surface area contributed by atoms with Crippen molar-refractivity contribution < 1.29 is 19.1 Å². The standard InChI is InChI=1S/C18H24N2O4/c1-3-14-4-6-15(7-5-14)19-8-10-20(11-9-19)16(21)18(2)12-23-17(22)24-13-18/h4-7H,3,8-13H2,1-2H3. The number of aryl methyl sites for hydroxylation is 1. The monoisotopic (exact) mass is 332 g/mol. The summed E-state index contributed by atoms with van der Waals surface area (Å²) in [6, 6.07) is 8.60. The van der Waals surface area contributed by atoms with Crippen LogP contribution in [-0.4, -0.2) is 56.4 Å². The molecule has 0 N–H and O–H groups in total. The minimum Gasteiger partial charge on any atom is -0.433 e. The van der Waals surface area contributed by atoms with E-state index in [-0.39, 0.29) is 19.1 Å². The highest BCUT2D eigenvalue weighted by Gasteiger charge is 2.43. The number of rotatable bonds is 3. The fourth-order valence-electron chi connectivity index (χ4n) is 3.14. The largest absolute Gasteiger partial charge is 0.508 e. The minimum absolute atomic E-state index is 0.00372. The molecule has 0 aromatic heterocycles. The number of ether oxygens (including phenoxy) is 2. The Morgan fingerprint density at radius 1 is 1.08 bits per heavy atom. The molecule has 1 aromatic carbocycles. The van der Waals surface area contributed by atoms with Gasteiger partial charge in [-0.25, -0.2) is 4.79 Å². The molecule has 0 aliphatic carbocycles. The highest BCUT2D eigenvalue weighted by atomic mass is 16.7. The van der Waals surface area contributed by atoms with Crippen molar-refractivity contribution in [1.82, 2.24) is 4.90 Å². The topological polar surface area (TPSA) is 59.1 Å². The lowest BCUT2D eigenvalue weighted by Crippen LogP contribution is -2.56. The SMILES string of the molecule is CCc1ccc(N2CCN(C(=O)C3(C)COC(=O)OC3)CC2)cc1. The van der Waals surface area contributed by atoms with Crippen LogP contribution in [0.15, 0.2) is 24.3 Å². The Bertz CT molecular complexity index is 596. The summed E-state index contributed by atoms with van der Waals surface area (Å²) < 4.78 is 9.80. The summed E-state index contributed by atoms with van der Waals surface area (Å²) in [5, 5.41) is 0. The first kappa shape index (κ1) is 16.6. The van der Waals surface area contributed by atoms with Crippen molar-refractivity contribution >= 4 is 17.7 Å². The Hall–Kier alpha value is -2.24. The van der Waals surface area contributed by atoms with Gasteiger partial charge >= 0.3 is 6.16 Å². The third kappa shape index (κ3) is 3.32. The van der Waals surface area contributed by atoms with Crippen molar-refractivity contribution in [2.24, 2.45) is 5.41 Å². The Kier molecular flexibility index (Phi) is 4.64. The number of carbonyl (C=O) groups excluding carboxylic acids is 2. The number of cyclic esters (lactones) is 2. The van der Waals surface area contributed by atoms with Crippen LogP contribution >= 0.6 is 0 Å². The van der Waals surface area contributed by atoms with Gasteiger partial charge in [0.25, 0.3) is 0 Å². The lowest BCUT2D eigenvalue weighted by Gasteiger charge is -2.41. The van der Waals surface area contributed by atoms with Gasteiger partial charge in [0.15, 0.2) is 0 Å². The van der Waals surface area contributed by atoms with Gasteiger partial charge < -0.3 is 19.3 Å². The van der Waals surface area contributed by atoms with Crippen molar-refractivity contribution in [2.75, 3.05) is 44.3 Å². The molecule has 0 unspecified atom stereocenters. The van der Waals surface area contributed by atoms with E-state index < -0.39 is 11.6 Å². The highest BCUT2D eigenvalue weighted by Crippen LogP contribution is 2.26. The second-order valence-electron chi connectivity index (χ2n) is 6.69. The van der Waals surface area contributed by atoms with Crippen molar-refractivity contribution in [3.05, 3.63) is 29.8 Å². The first-order chi connectivity index (χ1) is 11.5. The maximum Gasteiger partial charge on any atom is 0.508 e. The number of carbonyl (C=O) groups is 2. The van der Waals surface area contributed by atoms with E-state index in [0.29, 0.717) is 13.1 Å². The molecule has 2 heterocycles. The van der Waals surface area contributed by atoms with E-state index in [9.17, 15) is 9.59 Å². The summed E-state index contributed by atoms with van der Waals surface area (Å²) in [7, 11) is 0. The maximum absolute atomic E-state index is 12.7. The van der Waals surface area contributed by atoms with E-state index in [0.717, 1.165) is 19.5 Å². The van der Waals surface area contributed by atoms with Crippen LogP contribution in [0.25, 0.3) is 0 Å². The van der Waals surface area contributed by atoms with E-state index >= 15 is 0 Å². The van der Waals surface area contributed by atoms with Crippen molar-refractivity contribution in [3.8, 4) is 0 Å². The zero-order valence-electron chi connectivity index (χ0n) is 14.3. The van der Waals surface area contributed by atoms with Crippen LogP contribution in [0, 0.1) is 5.41 Å². The van der Waals surface area contributed by atoms with Crippen LogP contribution in [-0.2, 0) is 20.7 Å². The molecule has 0 radical (unpaired) electrons. The van der Waals surface area contributed by atoms with Crippen LogP contribution < -0.4 is 4.90 Å². The summed E-state index contributed by atoms with van der Waals surface area (Å²) >= 11 is 0. The number of benzene rings is 1. The molecule has 2 saturated heterocycles. The van der Waals surface area contributed by atoms with Gasteiger partial charge in [-0.05, 0) is 31.0 Å². The first-order valence-corrected chi connectivity index (χ1v) is 8.45. The molecule has 0 bridgehead atoms. The number of amides is 1. The van der Waals surface area contributed by atoms with Crippen molar-refractivity contribution in [1.29, 1.82) is 0 Å². The van der Waals surface area contributed by atoms with Gasteiger partial charge in [-0.3, -0.25) is 4.79 Å². The van der Waals surface area contributed by atoms with Crippen LogP contribution in [0.1, 0.15) is 19.4 Å². The quantitative estimate of drug-likeness (QED) is 0.793. The van der Waals surface area contributed by atoms with Crippen LogP contribution in [0.4, 0.5) is 10.5 Å². The van der Waals surface area contributed by atoms with E-state index in [2.05, 4.69) is 36.1 Å². The molecule has 3 rings (SSSR count). The second kappa shape index (κ2) is 6.71. The molecule has 0 atom stereocenters. The molecule has 2 fully saturated rings. The minimum atomic E-state index is -0.779. The molecule has 6 heteroatoms. The van der Waals surface area contributed by atoms with Gasteiger partial charge in [0.1, 0.15) is 18.6 Å². The maximum atomic E-state index is 12.7. The van der Waals surface area contributed by atoms with Gasteiger partial charge in [0, 0.05) is 31.9 Å². The Morgan fingerprint density at radius 2 is 1.67 bits per heavy atom. The molecular weight excluding hydrogens is 308 g/mol. The normalized spacial score (nSPS) is 20.3. The molecule has 24 heavy (non-hydrogen) atoms. The van der Waals surface area contributed by atoms with Crippen LogP contribution in [0.5, 0.6) is 0 Å². The Labute approximate surface area is 142 Å². The molecule has 2 aliphatic rings. The number of nitrogens with zero attached hydrogens (tertiary/aromatic N) is 2. The summed E-state index contributed by atoms with van der Waals surface area (Å²) in [6.45, 7) is 7.04. The van der Waals surface area contributed by atoms with E-state index in [1.165, 1.54) is 11.3 Å². The van der Waals surface area contributed by atoms with Crippen LogP contribution in [0.3, 0.4) is 0 Å². The molecular formula is C18H24N2O4. The van der Waals surface area contributed by atoms with Crippen LogP contribution in [0.2, 0.25) is 0 Å². The first-order valence-electron chi connectivity index (χ1n) is 8.45. The summed E-state index contributed by atoms with van der Waals surface area (Å²) in [5.74, 6) is -0.00372. The summed E-state index contributed by atoms with van der Waals surface area (Å²) in [4.78, 5) is 27.9. The molecule has 6 nitrogen and oxygen atoms in total. The lowest BCUT2D eigenvalue weighted by molar-refractivity contribution is -0.152. The average molecular weight is 332 g/mol. The van der Waals surface area contributed by atoms with Gasteiger partial charge in [-0.1, -0.05) is 19.1 Å². The number of hydrogen-bond donors (Lipinski definition) is 0. The summed E-state index contributed by atoms with van der Waals surface area (Å²) in [5.41, 5.74) is 1.74. The van der Waals surface area contributed by atoms with E-state index in [1.54, 1.807) is 6.92 Å². The Morgan fingerprint density at radius 3 is 2.21 bits per heavy atom. The average Bonchev–Trinajstić information content (AvgIpc) is 2.64.